The number of hydrogen-bond acceptors (Lipinski definition) is 5. The van der Waals surface area contributed by atoms with Gasteiger partial charge in [-0.1, -0.05) is 6.07 Å². The zero-order valence-corrected chi connectivity index (χ0v) is 16.8. The lowest BCUT2D eigenvalue weighted by molar-refractivity contribution is 0.0728. The molecule has 0 fully saturated rings. The first kappa shape index (κ1) is 19.8. The van der Waals surface area contributed by atoms with E-state index >= 15 is 0 Å². The van der Waals surface area contributed by atoms with Crippen molar-refractivity contribution in [3.63, 3.8) is 0 Å². The van der Waals surface area contributed by atoms with Crippen molar-refractivity contribution in [2.24, 2.45) is 0 Å². The number of benzene rings is 1. The third-order valence-electron chi connectivity index (χ3n) is 3.73. The largest absolute Gasteiger partial charge is 0.390 e. The maximum absolute atomic E-state index is 12.5. The molecule has 0 aliphatic heterocycles. The van der Waals surface area contributed by atoms with Crippen LogP contribution in [-0.4, -0.2) is 30.7 Å². The lowest BCUT2D eigenvalue weighted by atomic mass is 10.0. The molecule has 2 aromatic rings. The van der Waals surface area contributed by atoms with Crippen molar-refractivity contribution in [3.8, 4) is 11.1 Å². The van der Waals surface area contributed by atoms with Gasteiger partial charge in [-0.3, -0.25) is 0 Å². The summed E-state index contributed by atoms with van der Waals surface area (Å²) in [6.07, 6.45) is 1.93. The fourth-order valence-corrected chi connectivity index (χ4v) is 3.66. The molecule has 0 unspecified atom stereocenters. The minimum Gasteiger partial charge on any atom is -0.390 e. The number of aryl methyl sites for hydroxylation is 1. The van der Waals surface area contributed by atoms with Crippen LogP contribution in [0.2, 0.25) is 0 Å². The average Bonchev–Trinajstić information content (AvgIpc) is 2.49. The fourth-order valence-electron chi connectivity index (χ4n) is 2.25. The van der Waals surface area contributed by atoms with Gasteiger partial charge in [-0.25, -0.2) is 18.1 Å². The Balaban J connectivity index is 2.33. The van der Waals surface area contributed by atoms with E-state index in [2.05, 4.69) is 25.6 Å². The SMILES string of the molecule is Cc1ccc(S(=O)(=O)NCCC(C)(C)O)cc1-c1cnc(N)c(Br)c1. The molecule has 8 heteroatoms. The summed E-state index contributed by atoms with van der Waals surface area (Å²) < 4.78 is 28.2. The Morgan fingerprint density at radius 3 is 2.60 bits per heavy atom. The van der Waals surface area contributed by atoms with Gasteiger partial charge < -0.3 is 10.8 Å². The molecule has 0 radical (unpaired) electrons. The number of hydrogen-bond donors (Lipinski definition) is 3. The maximum atomic E-state index is 12.5. The highest BCUT2D eigenvalue weighted by molar-refractivity contribution is 9.10. The number of nitrogens with zero attached hydrogens (tertiary/aromatic N) is 1. The number of aromatic nitrogens is 1. The highest BCUT2D eigenvalue weighted by Gasteiger charge is 2.18. The van der Waals surface area contributed by atoms with E-state index in [0.717, 1.165) is 16.7 Å². The Morgan fingerprint density at radius 1 is 1.32 bits per heavy atom. The minimum atomic E-state index is -3.67. The van der Waals surface area contributed by atoms with E-state index in [0.29, 0.717) is 16.7 Å². The molecule has 0 aliphatic rings. The van der Waals surface area contributed by atoms with Crippen LogP contribution >= 0.6 is 15.9 Å². The summed E-state index contributed by atoms with van der Waals surface area (Å²) in [5.74, 6) is 0.374. The molecule has 2 rings (SSSR count). The Hall–Kier alpha value is -1.48. The first-order valence-electron chi connectivity index (χ1n) is 7.74. The van der Waals surface area contributed by atoms with Crippen molar-refractivity contribution in [2.75, 3.05) is 12.3 Å². The molecule has 4 N–H and O–H groups in total. The molecule has 25 heavy (non-hydrogen) atoms. The van der Waals surface area contributed by atoms with Gasteiger partial charge in [0.05, 0.1) is 15.0 Å². The Bertz CT molecular complexity index is 877. The summed E-state index contributed by atoms with van der Waals surface area (Å²) >= 11 is 3.34. The van der Waals surface area contributed by atoms with Gasteiger partial charge in [0, 0.05) is 18.3 Å². The predicted octanol–water partition coefficient (Wildman–Crippen LogP) is 2.84. The van der Waals surface area contributed by atoms with Crippen molar-refractivity contribution < 1.29 is 13.5 Å². The van der Waals surface area contributed by atoms with Crippen molar-refractivity contribution in [2.45, 2.75) is 37.7 Å². The van der Waals surface area contributed by atoms with E-state index in [1.807, 2.05) is 13.0 Å². The first-order valence-corrected chi connectivity index (χ1v) is 10.0. The van der Waals surface area contributed by atoms with Crippen LogP contribution < -0.4 is 10.5 Å². The average molecular weight is 428 g/mol. The van der Waals surface area contributed by atoms with Crippen LogP contribution in [0.3, 0.4) is 0 Å². The van der Waals surface area contributed by atoms with Crippen molar-refractivity contribution in [3.05, 3.63) is 40.5 Å². The summed E-state index contributed by atoms with van der Waals surface area (Å²) in [6, 6.07) is 6.74. The molecule has 136 valence electrons. The van der Waals surface area contributed by atoms with Crippen LogP contribution in [0, 0.1) is 6.92 Å². The fraction of sp³-hybridized carbons (Fsp3) is 0.353. The first-order chi connectivity index (χ1) is 11.5. The summed E-state index contributed by atoms with van der Waals surface area (Å²) in [7, 11) is -3.67. The van der Waals surface area contributed by atoms with Crippen LogP contribution in [0.5, 0.6) is 0 Å². The third kappa shape index (κ3) is 5.24. The lowest BCUT2D eigenvalue weighted by Crippen LogP contribution is -2.30. The molecule has 1 aromatic heterocycles. The van der Waals surface area contributed by atoms with Crippen molar-refractivity contribution in [1.82, 2.24) is 9.71 Å². The van der Waals surface area contributed by atoms with Gasteiger partial charge in [0.15, 0.2) is 0 Å². The molecule has 0 bridgehead atoms. The normalized spacial score (nSPS) is 12.4. The standard InChI is InChI=1S/C17H22BrN3O3S/c1-11-4-5-13(25(23,24)21-7-6-17(2,3)22)9-14(11)12-8-15(18)16(19)20-10-12/h4-5,8-10,21-22H,6-7H2,1-3H3,(H2,19,20). The number of nitrogens with two attached hydrogens (primary N) is 1. The van der Waals surface area contributed by atoms with Crippen LogP contribution in [0.15, 0.2) is 39.8 Å². The highest BCUT2D eigenvalue weighted by Crippen LogP contribution is 2.29. The van der Waals surface area contributed by atoms with Gasteiger partial charge in [-0.05, 0) is 72.4 Å². The van der Waals surface area contributed by atoms with Crippen LogP contribution in [0.1, 0.15) is 25.8 Å². The van der Waals surface area contributed by atoms with E-state index in [9.17, 15) is 13.5 Å². The van der Waals surface area contributed by atoms with Gasteiger partial charge in [0.1, 0.15) is 5.82 Å². The molecule has 0 saturated carbocycles. The quantitative estimate of drug-likeness (QED) is 0.656. The van der Waals surface area contributed by atoms with Crippen molar-refractivity contribution >= 4 is 31.8 Å². The molecule has 0 aliphatic carbocycles. The number of sulfonamides is 1. The molecule has 0 saturated heterocycles. The zero-order chi connectivity index (χ0) is 18.8. The smallest absolute Gasteiger partial charge is 0.240 e. The number of halogens is 1. The lowest BCUT2D eigenvalue weighted by Gasteiger charge is -2.17. The highest BCUT2D eigenvalue weighted by atomic mass is 79.9. The minimum absolute atomic E-state index is 0.157. The predicted molar refractivity (Wildman–Crippen MR) is 103 cm³/mol. The van der Waals surface area contributed by atoms with E-state index in [1.54, 1.807) is 38.2 Å². The number of rotatable bonds is 6. The van der Waals surface area contributed by atoms with Gasteiger partial charge in [0.2, 0.25) is 10.0 Å². The van der Waals surface area contributed by atoms with Gasteiger partial charge in [-0.2, -0.15) is 0 Å². The maximum Gasteiger partial charge on any atom is 0.240 e. The Labute approximate surface area is 156 Å². The molecule has 0 atom stereocenters. The molecule has 1 aromatic carbocycles. The summed E-state index contributed by atoms with van der Waals surface area (Å²) in [5, 5.41) is 9.71. The molecular weight excluding hydrogens is 406 g/mol. The number of aliphatic hydroxyl groups is 1. The number of nitrogens with one attached hydrogen (secondary N) is 1. The van der Waals surface area contributed by atoms with Gasteiger partial charge in [-0.15, -0.1) is 0 Å². The van der Waals surface area contributed by atoms with E-state index < -0.39 is 15.6 Å². The second kappa shape index (κ2) is 7.41. The van der Waals surface area contributed by atoms with Crippen molar-refractivity contribution in [1.29, 1.82) is 0 Å². The number of pyridine rings is 1. The molecular formula is C17H22BrN3O3S. The summed E-state index contributed by atoms with van der Waals surface area (Å²) in [4.78, 5) is 4.27. The molecule has 1 heterocycles. The third-order valence-corrected chi connectivity index (χ3v) is 5.82. The second-order valence-corrected chi connectivity index (χ2v) is 9.15. The van der Waals surface area contributed by atoms with Gasteiger partial charge >= 0.3 is 0 Å². The topological polar surface area (TPSA) is 105 Å². The molecule has 0 amide bonds. The molecule has 0 spiro atoms. The van der Waals surface area contributed by atoms with Crippen LogP contribution in [-0.2, 0) is 10.0 Å². The number of nitrogen functional groups attached to an aromatic ring is 1. The zero-order valence-electron chi connectivity index (χ0n) is 14.4. The monoisotopic (exact) mass is 427 g/mol. The van der Waals surface area contributed by atoms with Crippen LogP contribution in [0.4, 0.5) is 5.82 Å². The number of anilines is 1. The van der Waals surface area contributed by atoms with Crippen LogP contribution in [0.25, 0.3) is 11.1 Å². The van der Waals surface area contributed by atoms with Gasteiger partial charge in [0.25, 0.3) is 0 Å². The van der Waals surface area contributed by atoms with E-state index in [1.165, 1.54) is 0 Å². The van der Waals surface area contributed by atoms with E-state index in [4.69, 9.17) is 5.73 Å². The Morgan fingerprint density at radius 2 is 2.00 bits per heavy atom. The summed E-state index contributed by atoms with van der Waals surface area (Å²) in [6.45, 7) is 5.33. The molecule has 6 nitrogen and oxygen atoms in total. The van der Waals surface area contributed by atoms with E-state index in [-0.39, 0.29) is 11.4 Å². The second-order valence-electron chi connectivity index (χ2n) is 6.53. The summed E-state index contributed by atoms with van der Waals surface area (Å²) in [5.41, 5.74) is 7.24. The Kier molecular flexibility index (Phi) is 5.88.